The summed E-state index contributed by atoms with van der Waals surface area (Å²) < 4.78 is 4.88. The number of esters is 1. The number of amides is 1. The van der Waals surface area contributed by atoms with Crippen molar-refractivity contribution in [3.05, 3.63) is 107 Å². The third kappa shape index (κ3) is 5.37. The molecule has 0 aromatic heterocycles. The van der Waals surface area contributed by atoms with Crippen LogP contribution < -0.4 is 10.2 Å². The van der Waals surface area contributed by atoms with Crippen LogP contribution in [-0.4, -0.2) is 24.8 Å². The second-order valence-electron chi connectivity index (χ2n) is 10.2. The van der Waals surface area contributed by atoms with Crippen molar-refractivity contribution in [1.29, 1.82) is 0 Å². The highest BCUT2D eigenvalue weighted by Gasteiger charge is 2.41. The molecule has 1 aliphatic heterocycles. The van der Waals surface area contributed by atoms with E-state index in [1.54, 1.807) is 17.0 Å². The summed E-state index contributed by atoms with van der Waals surface area (Å²) in [7, 11) is 1.35. The van der Waals surface area contributed by atoms with Gasteiger partial charge in [-0.3, -0.25) is 14.5 Å². The van der Waals surface area contributed by atoms with Gasteiger partial charge in [-0.1, -0.05) is 74.4 Å². The molecule has 1 aliphatic carbocycles. The van der Waals surface area contributed by atoms with Gasteiger partial charge in [0.25, 0.3) is 0 Å². The van der Waals surface area contributed by atoms with Crippen LogP contribution in [0.5, 0.6) is 0 Å². The lowest BCUT2D eigenvalue weighted by molar-refractivity contribution is -0.119. The Hall–Kier alpha value is -4.19. The number of allylic oxidation sites excluding steroid dienone is 1. The second kappa shape index (κ2) is 11.7. The van der Waals surface area contributed by atoms with Gasteiger partial charge in [-0.15, -0.1) is 0 Å². The fourth-order valence-corrected chi connectivity index (χ4v) is 5.71. The standard InChI is InChI=1S/C33H34N2O4/c1-3-4-6-15-30(37)35-28-14-10-9-13-26(28)34-27-20-25(22-11-7-5-8-12-22)21-29(36)31(27)32(35)23-16-18-24(19-17-23)33(38)39-2/h5,7-14,16-19,25,32,34H,3-4,6,15,20-21H2,1-2H3. The van der Waals surface area contributed by atoms with E-state index in [4.69, 9.17) is 4.74 Å². The number of anilines is 2. The molecule has 0 spiro atoms. The number of hydrogen-bond acceptors (Lipinski definition) is 5. The number of nitrogens with one attached hydrogen (secondary N) is 1. The van der Waals surface area contributed by atoms with Crippen LogP contribution in [0, 0.1) is 0 Å². The molecule has 5 rings (SSSR count). The largest absolute Gasteiger partial charge is 0.465 e. The first-order chi connectivity index (χ1) is 19.0. The predicted octanol–water partition coefficient (Wildman–Crippen LogP) is 6.95. The summed E-state index contributed by atoms with van der Waals surface area (Å²) in [6, 6.07) is 24.3. The van der Waals surface area contributed by atoms with Crippen LogP contribution in [0.1, 0.15) is 78.9 Å². The molecule has 6 heteroatoms. The first-order valence-corrected chi connectivity index (χ1v) is 13.7. The Morgan fingerprint density at radius 1 is 0.897 bits per heavy atom. The fourth-order valence-electron chi connectivity index (χ4n) is 5.71. The number of hydrogen-bond donors (Lipinski definition) is 1. The lowest BCUT2D eigenvalue weighted by Gasteiger charge is -2.35. The summed E-state index contributed by atoms with van der Waals surface area (Å²) in [5.74, 6) is -0.377. The number of carbonyl (C=O) groups is 3. The quantitative estimate of drug-likeness (QED) is 0.268. The topological polar surface area (TPSA) is 75.7 Å². The van der Waals surface area contributed by atoms with Crippen LogP contribution in [0.2, 0.25) is 0 Å². The summed E-state index contributed by atoms with van der Waals surface area (Å²) >= 11 is 0. The van der Waals surface area contributed by atoms with Crippen LogP contribution in [0.25, 0.3) is 0 Å². The van der Waals surface area contributed by atoms with Crippen LogP contribution in [0.4, 0.5) is 11.4 Å². The Labute approximate surface area is 229 Å². The minimum Gasteiger partial charge on any atom is -0.465 e. The zero-order valence-electron chi connectivity index (χ0n) is 22.5. The molecule has 0 bridgehead atoms. The maximum Gasteiger partial charge on any atom is 0.337 e. The molecular formula is C33H34N2O4. The smallest absolute Gasteiger partial charge is 0.337 e. The molecule has 0 radical (unpaired) electrons. The van der Waals surface area contributed by atoms with Crippen molar-refractivity contribution >= 4 is 29.0 Å². The van der Waals surface area contributed by atoms with E-state index >= 15 is 0 Å². The van der Waals surface area contributed by atoms with E-state index in [-0.39, 0.29) is 17.6 Å². The normalized spacial score (nSPS) is 18.5. The van der Waals surface area contributed by atoms with Gasteiger partial charge >= 0.3 is 5.97 Å². The molecule has 1 heterocycles. The van der Waals surface area contributed by atoms with Crippen molar-refractivity contribution in [2.24, 2.45) is 0 Å². The molecule has 3 aromatic rings. The van der Waals surface area contributed by atoms with Gasteiger partial charge in [0.05, 0.1) is 30.1 Å². The molecule has 39 heavy (non-hydrogen) atoms. The average molecular weight is 523 g/mol. The minimum absolute atomic E-state index is 0.0218. The van der Waals surface area contributed by atoms with Crippen molar-refractivity contribution in [3.63, 3.8) is 0 Å². The maximum atomic E-state index is 14.0. The molecular weight excluding hydrogens is 488 g/mol. The molecule has 3 aromatic carbocycles. The van der Waals surface area contributed by atoms with Gasteiger partial charge in [0, 0.05) is 24.1 Å². The van der Waals surface area contributed by atoms with Gasteiger partial charge in [-0.2, -0.15) is 0 Å². The maximum absolute atomic E-state index is 14.0. The molecule has 0 saturated carbocycles. The molecule has 200 valence electrons. The zero-order valence-corrected chi connectivity index (χ0v) is 22.5. The molecule has 2 unspecified atom stereocenters. The monoisotopic (exact) mass is 522 g/mol. The van der Waals surface area contributed by atoms with Crippen LogP contribution in [-0.2, 0) is 14.3 Å². The first-order valence-electron chi connectivity index (χ1n) is 13.7. The third-order valence-corrected chi connectivity index (χ3v) is 7.67. The highest BCUT2D eigenvalue weighted by atomic mass is 16.5. The number of fused-ring (bicyclic) bond motifs is 1. The lowest BCUT2D eigenvalue weighted by Crippen LogP contribution is -2.38. The molecule has 1 N–H and O–H groups in total. The van der Waals surface area contributed by atoms with Crippen molar-refractivity contribution in [2.75, 3.05) is 17.3 Å². The number of para-hydroxylation sites is 2. The molecule has 6 nitrogen and oxygen atoms in total. The number of benzene rings is 3. The number of carbonyl (C=O) groups excluding carboxylic acids is 3. The Morgan fingerprint density at radius 2 is 1.62 bits per heavy atom. The summed E-state index contributed by atoms with van der Waals surface area (Å²) in [6.07, 6.45) is 4.18. The van der Waals surface area contributed by atoms with Crippen molar-refractivity contribution in [3.8, 4) is 0 Å². The molecule has 2 atom stereocenters. The van der Waals surface area contributed by atoms with Gasteiger partial charge in [-0.25, -0.2) is 4.79 Å². The number of Topliss-reactive ketones (excluding diaryl/α,β-unsaturated/α-hetero) is 1. The number of ketones is 1. The number of unbranched alkanes of at least 4 members (excludes halogenated alkanes) is 2. The Bertz CT molecular complexity index is 1390. The van der Waals surface area contributed by atoms with Crippen LogP contribution >= 0.6 is 0 Å². The van der Waals surface area contributed by atoms with Crippen molar-refractivity contribution in [2.45, 2.75) is 57.4 Å². The van der Waals surface area contributed by atoms with E-state index in [2.05, 4.69) is 24.4 Å². The SMILES string of the molecule is CCCCCC(=O)N1c2ccccc2NC2=C(C(=O)CC(c3ccccc3)C2)C1c1ccc(C(=O)OC)cc1. The van der Waals surface area contributed by atoms with Crippen LogP contribution in [0.3, 0.4) is 0 Å². The lowest BCUT2D eigenvalue weighted by atomic mass is 9.78. The third-order valence-electron chi connectivity index (χ3n) is 7.67. The molecule has 0 saturated heterocycles. The Kier molecular flexibility index (Phi) is 7.92. The number of nitrogens with zero attached hydrogens (tertiary/aromatic N) is 1. The number of rotatable bonds is 7. The summed E-state index contributed by atoms with van der Waals surface area (Å²) in [5, 5.41) is 3.57. The van der Waals surface area contributed by atoms with Crippen LogP contribution in [0.15, 0.2) is 90.1 Å². The predicted molar refractivity (Wildman–Crippen MR) is 153 cm³/mol. The van der Waals surface area contributed by atoms with E-state index in [9.17, 15) is 14.4 Å². The summed E-state index contributed by atoms with van der Waals surface area (Å²) in [6.45, 7) is 2.11. The Morgan fingerprint density at radius 3 is 2.33 bits per heavy atom. The molecule has 2 aliphatic rings. The Balaban J connectivity index is 1.66. The first kappa shape index (κ1) is 26.4. The highest BCUT2D eigenvalue weighted by Crippen LogP contribution is 2.47. The number of methoxy groups -OCH3 is 1. The van der Waals surface area contributed by atoms with E-state index < -0.39 is 12.0 Å². The van der Waals surface area contributed by atoms with E-state index in [0.29, 0.717) is 30.4 Å². The average Bonchev–Trinajstić information content (AvgIpc) is 3.12. The van der Waals surface area contributed by atoms with Gasteiger partial charge in [0.2, 0.25) is 5.91 Å². The van der Waals surface area contributed by atoms with Gasteiger partial charge < -0.3 is 10.1 Å². The van der Waals surface area contributed by atoms with Crippen molar-refractivity contribution in [1.82, 2.24) is 0 Å². The zero-order chi connectivity index (χ0) is 27.4. The molecule has 1 amide bonds. The summed E-state index contributed by atoms with van der Waals surface area (Å²) in [4.78, 5) is 41.9. The fraction of sp³-hybridized carbons (Fsp3) is 0.303. The van der Waals surface area contributed by atoms with Gasteiger partial charge in [0.15, 0.2) is 5.78 Å². The summed E-state index contributed by atoms with van der Waals surface area (Å²) in [5.41, 5.74) is 5.35. The van der Waals surface area contributed by atoms with Crippen molar-refractivity contribution < 1.29 is 19.1 Å². The highest BCUT2D eigenvalue weighted by molar-refractivity contribution is 6.06. The minimum atomic E-state index is -0.610. The van der Waals surface area contributed by atoms with Gasteiger partial charge in [-0.05, 0) is 54.2 Å². The number of ether oxygens (including phenoxy) is 1. The second-order valence-corrected chi connectivity index (χ2v) is 10.2. The van der Waals surface area contributed by atoms with E-state index in [1.165, 1.54) is 7.11 Å². The van der Waals surface area contributed by atoms with Gasteiger partial charge in [0.1, 0.15) is 0 Å². The molecule has 0 fully saturated rings. The van der Waals surface area contributed by atoms with E-state index in [1.807, 2.05) is 54.6 Å². The van der Waals surface area contributed by atoms with E-state index in [0.717, 1.165) is 47.5 Å².